The van der Waals surface area contributed by atoms with Crippen LogP contribution in [0, 0.1) is 0 Å². The number of halogens is 8. The van der Waals surface area contributed by atoms with Crippen LogP contribution in [0.5, 0.6) is 0 Å². The lowest BCUT2D eigenvalue weighted by molar-refractivity contribution is -0.268. The first-order chi connectivity index (χ1) is 26.4. The minimum atomic E-state index is -5.30. The lowest BCUT2D eigenvalue weighted by Gasteiger charge is -2.27. The van der Waals surface area contributed by atoms with Gasteiger partial charge in [0, 0.05) is 47.4 Å². The van der Waals surface area contributed by atoms with Crippen LogP contribution in [0.4, 0.5) is 26.3 Å². The highest BCUT2D eigenvalue weighted by Crippen LogP contribution is 2.45. The number of carbonyl (C=O) groups is 2. The average Bonchev–Trinajstić information content (AvgIpc) is 3.68. The zero-order valence-corrected chi connectivity index (χ0v) is 30.9. The molecule has 4 heterocycles. The summed E-state index contributed by atoms with van der Waals surface area (Å²) in [5, 5.41) is 21.0. The lowest BCUT2D eigenvalue weighted by atomic mass is 9.93. The Morgan fingerprint density at radius 2 is 0.946 bits per heavy atom. The first-order valence-corrected chi connectivity index (χ1v) is 17.4. The van der Waals surface area contributed by atoms with Crippen molar-refractivity contribution in [3.8, 4) is 0 Å². The number of ether oxygens (including phenoxy) is 2. The monoisotopic (exact) mass is 824 g/mol. The van der Waals surface area contributed by atoms with E-state index < -0.39 is 46.6 Å². The van der Waals surface area contributed by atoms with Gasteiger partial charge in [0.25, 0.3) is 11.2 Å². The van der Waals surface area contributed by atoms with Gasteiger partial charge in [-0.05, 0) is 49.2 Å². The molecular formula is C38H32Cl2F6N4O6. The van der Waals surface area contributed by atoms with Crippen molar-refractivity contribution in [3.63, 3.8) is 0 Å². The number of esters is 2. The molecule has 0 aliphatic carbocycles. The number of benzene rings is 2. The second-order valence-electron chi connectivity index (χ2n) is 12.2. The Morgan fingerprint density at radius 3 is 1.25 bits per heavy atom. The first kappa shape index (κ1) is 42.0. The largest absolute Gasteiger partial charge is 0.463 e. The van der Waals surface area contributed by atoms with Crippen LogP contribution in [0.1, 0.15) is 36.1 Å². The summed E-state index contributed by atoms with van der Waals surface area (Å²) in [6, 6.07) is 23.1. The standard InChI is InChI=1S/2C19H16ClF3N2O3/c2*1-2-28-17(26)18(27,19(21,22)23)14-11-25(10-12-6-4-3-5-7-12)16-13(14)8-9-15(20)24-16/h2*3-9,11,27H,2,10H2,1H3. The van der Waals surface area contributed by atoms with E-state index in [0.29, 0.717) is 0 Å². The molecule has 2 atom stereocenters. The van der Waals surface area contributed by atoms with E-state index in [-0.39, 0.29) is 58.7 Å². The number of fused-ring (bicyclic) bond motifs is 2. The Balaban J connectivity index is 0.000000214. The maximum Gasteiger partial charge on any atom is 0.432 e. The number of hydrogen-bond donors (Lipinski definition) is 2. The third kappa shape index (κ3) is 8.19. The highest BCUT2D eigenvalue weighted by molar-refractivity contribution is 6.30. The van der Waals surface area contributed by atoms with Crippen LogP contribution < -0.4 is 0 Å². The van der Waals surface area contributed by atoms with Crippen molar-refractivity contribution in [1.29, 1.82) is 0 Å². The van der Waals surface area contributed by atoms with Crippen LogP contribution in [0.3, 0.4) is 0 Å². The van der Waals surface area contributed by atoms with Gasteiger partial charge in [0.1, 0.15) is 21.6 Å². The van der Waals surface area contributed by atoms with Crippen molar-refractivity contribution in [3.05, 3.63) is 130 Å². The van der Waals surface area contributed by atoms with E-state index in [1.54, 1.807) is 60.7 Å². The number of aromatic nitrogens is 4. The Kier molecular flexibility index (Phi) is 12.4. The third-order valence-electron chi connectivity index (χ3n) is 8.51. The molecule has 0 aliphatic heterocycles. The van der Waals surface area contributed by atoms with Gasteiger partial charge in [0.2, 0.25) is 0 Å². The molecule has 0 radical (unpaired) electrons. The van der Waals surface area contributed by atoms with Crippen LogP contribution in [0.15, 0.2) is 97.3 Å². The average molecular weight is 826 g/mol. The number of carbonyl (C=O) groups excluding carboxylic acids is 2. The quantitative estimate of drug-likeness (QED) is 0.0806. The number of aliphatic hydroxyl groups is 2. The predicted octanol–water partition coefficient (Wildman–Crippen LogP) is 8.10. The van der Waals surface area contributed by atoms with Crippen molar-refractivity contribution in [2.75, 3.05) is 13.2 Å². The number of pyridine rings is 2. The van der Waals surface area contributed by atoms with E-state index in [9.17, 15) is 46.1 Å². The Morgan fingerprint density at radius 1 is 0.607 bits per heavy atom. The molecule has 0 saturated heterocycles. The minimum absolute atomic E-state index is 0.0480. The molecule has 0 saturated carbocycles. The minimum Gasteiger partial charge on any atom is -0.463 e. The summed E-state index contributed by atoms with van der Waals surface area (Å²) in [5.74, 6) is -3.59. The smallest absolute Gasteiger partial charge is 0.432 e. The number of nitrogens with zero attached hydrogens (tertiary/aromatic N) is 4. The molecule has 10 nitrogen and oxygen atoms in total. The molecule has 0 bridgehead atoms. The van der Waals surface area contributed by atoms with E-state index in [4.69, 9.17) is 23.2 Å². The molecule has 2 aromatic carbocycles. The van der Waals surface area contributed by atoms with Gasteiger partial charge in [-0.25, -0.2) is 19.6 Å². The van der Waals surface area contributed by atoms with E-state index in [2.05, 4.69) is 19.4 Å². The molecule has 4 aromatic heterocycles. The first-order valence-electron chi connectivity index (χ1n) is 16.7. The van der Waals surface area contributed by atoms with Crippen molar-refractivity contribution in [2.45, 2.75) is 50.5 Å². The molecule has 18 heteroatoms. The lowest BCUT2D eigenvalue weighted by Crippen LogP contribution is -2.50. The summed E-state index contributed by atoms with van der Waals surface area (Å²) in [6.07, 6.45) is -8.48. The highest BCUT2D eigenvalue weighted by atomic mass is 35.5. The van der Waals surface area contributed by atoms with E-state index in [0.717, 1.165) is 23.5 Å². The van der Waals surface area contributed by atoms with Crippen LogP contribution >= 0.6 is 23.2 Å². The van der Waals surface area contributed by atoms with E-state index in [1.165, 1.54) is 47.2 Å². The van der Waals surface area contributed by atoms with Crippen molar-refractivity contribution in [2.24, 2.45) is 0 Å². The Bertz CT molecular complexity index is 2170. The molecule has 2 unspecified atom stereocenters. The summed E-state index contributed by atoms with van der Waals surface area (Å²) in [4.78, 5) is 32.5. The number of rotatable bonds is 10. The van der Waals surface area contributed by atoms with Crippen LogP contribution in [0.25, 0.3) is 22.1 Å². The summed E-state index contributed by atoms with van der Waals surface area (Å²) in [7, 11) is 0. The fourth-order valence-electron chi connectivity index (χ4n) is 5.89. The van der Waals surface area contributed by atoms with Crippen LogP contribution in [-0.4, -0.2) is 66.8 Å². The zero-order chi connectivity index (χ0) is 41.1. The zero-order valence-electron chi connectivity index (χ0n) is 29.4. The van der Waals surface area contributed by atoms with Gasteiger partial charge in [-0.15, -0.1) is 0 Å². The van der Waals surface area contributed by atoms with Crippen LogP contribution in [-0.2, 0) is 43.4 Å². The third-order valence-corrected chi connectivity index (χ3v) is 8.93. The summed E-state index contributed by atoms with van der Waals surface area (Å²) in [5.41, 5.74) is -7.19. The van der Waals surface area contributed by atoms with Crippen molar-refractivity contribution < 1.29 is 55.6 Å². The Labute approximate surface area is 324 Å². The number of alkyl halides is 6. The molecule has 2 N–H and O–H groups in total. The molecule has 0 fully saturated rings. The fraction of sp³-hybridized carbons (Fsp3) is 0.263. The molecule has 0 aliphatic rings. The van der Waals surface area contributed by atoms with Gasteiger partial charge >= 0.3 is 24.3 Å². The maximum atomic E-state index is 13.8. The van der Waals surface area contributed by atoms with Gasteiger partial charge in [-0.2, -0.15) is 26.3 Å². The molecule has 6 aromatic rings. The van der Waals surface area contributed by atoms with Gasteiger partial charge < -0.3 is 28.8 Å². The Hall–Kier alpha value is -5.16. The van der Waals surface area contributed by atoms with Gasteiger partial charge in [-0.3, -0.25) is 0 Å². The summed E-state index contributed by atoms with van der Waals surface area (Å²) < 4.78 is 94.7. The predicted molar refractivity (Wildman–Crippen MR) is 194 cm³/mol. The molecule has 0 amide bonds. The molecule has 0 spiro atoms. The van der Waals surface area contributed by atoms with Gasteiger partial charge in [0.15, 0.2) is 0 Å². The van der Waals surface area contributed by atoms with E-state index in [1.807, 2.05) is 0 Å². The molecule has 6 rings (SSSR count). The van der Waals surface area contributed by atoms with Crippen LogP contribution in [0.2, 0.25) is 10.3 Å². The van der Waals surface area contributed by atoms with Gasteiger partial charge in [-0.1, -0.05) is 83.9 Å². The second-order valence-corrected chi connectivity index (χ2v) is 13.0. The summed E-state index contributed by atoms with van der Waals surface area (Å²) in [6.45, 7) is 2.42. The molecular weight excluding hydrogens is 793 g/mol. The highest BCUT2D eigenvalue weighted by Gasteiger charge is 2.64. The molecule has 296 valence electrons. The van der Waals surface area contributed by atoms with E-state index >= 15 is 0 Å². The topological polar surface area (TPSA) is 129 Å². The maximum absolute atomic E-state index is 13.8. The summed E-state index contributed by atoms with van der Waals surface area (Å²) >= 11 is 11.8. The normalized spacial score (nSPS) is 14.1. The fourth-order valence-corrected chi connectivity index (χ4v) is 6.17. The SMILES string of the molecule is CCOC(=O)C(O)(c1cn(Cc2ccccc2)c2nc(Cl)ccc12)C(F)(F)F.CCOC(=O)C(O)(c1cn(Cc2ccccc2)c2nc(Cl)ccc12)C(F)(F)F. The number of hydrogen-bond acceptors (Lipinski definition) is 8. The molecule has 56 heavy (non-hydrogen) atoms. The van der Waals surface area contributed by atoms with Crippen molar-refractivity contribution >= 4 is 57.2 Å². The van der Waals surface area contributed by atoms with Gasteiger partial charge in [0.05, 0.1) is 13.2 Å². The second kappa shape index (κ2) is 16.5. The van der Waals surface area contributed by atoms with Crippen molar-refractivity contribution in [1.82, 2.24) is 19.1 Å².